The minimum Gasteiger partial charge on any atom is -0.449 e. The average Bonchev–Trinajstić information content (AvgIpc) is 3.13. The molecule has 4 nitrogen and oxygen atoms in total. The Morgan fingerprint density at radius 1 is 1.33 bits per heavy atom. The molecule has 1 aliphatic rings. The third-order valence-electron chi connectivity index (χ3n) is 2.94. The molecule has 1 fully saturated rings. The van der Waals surface area contributed by atoms with E-state index in [1.807, 2.05) is 19.1 Å². The van der Waals surface area contributed by atoms with Crippen LogP contribution in [-0.2, 0) is 9.53 Å². The number of esters is 1. The molecular formula is C14H17NO3. The van der Waals surface area contributed by atoms with Gasteiger partial charge in [-0.05, 0) is 38.3 Å². The van der Waals surface area contributed by atoms with Crippen LogP contribution in [0.3, 0.4) is 0 Å². The number of carbonyl (C=O) groups is 2. The van der Waals surface area contributed by atoms with E-state index in [1.54, 1.807) is 19.1 Å². The molecule has 0 aromatic heterocycles. The number of nitrogens with one attached hydrogen (secondary N) is 1. The normalized spacial score (nSPS) is 15.9. The lowest BCUT2D eigenvalue weighted by Gasteiger charge is -2.13. The third kappa shape index (κ3) is 3.09. The van der Waals surface area contributed by atoms with Crippen LogP contribution in [0.1, 0.15) is 35.7 Å². The minimum absolute atomic E-state index is 0.223. The molecule has 1 aromatic carbocycles. The summed E-state index contributed by atoms with van der Waals surface area (Å²) in [5.41, 5.74) is 1.35. The number of rotatable bonds is 4. The van der Waals surface area contributed by atoms with Crippen LogP contribution in [0.4, 0.5) is 0 Å². The summed E-state index contributed by atoms with van der Waals surface area (Å²) in [7, 11) is 0. The van der Waals surface area contributed by atoms with Crippen molar-refractivity contribution in [3.05, 3.63) is 35.4 Å². The first-order chi connectivity index (χ1) is 8.58. The second kappa shape index (κ2) is 5.21. The van der Waals surface area contributed by atoms with Gasteiger partial charge in [0.1, 0.15) is 0 Å². The van der Waals surface area contributed by atoms with Crippen LogP contribution in [0.15, 0.2) is 24.3 Å². The summed E-state index contributed by atoms with van der Waals surface area (Å²) in [4.78, 5) is 23.5. The first kappa shape index (κ1) is 12.6. The molecule has 1 aliphatic carbocycles. The molecule has 1 saturated carbocycles. The van der Waals surface area contributed by atoms with Crippen molar-refractivity contribution < 1.29 is 14.3 Å². The van der Waals surface area contributed by atoms with Gasteiger partial charge in [0.2, 0.25) is 0 Å². The van der Waals surface area contributed by atoms with E-state index in [0.717, 1.165) is 18.4 Å². The Labute approximate surface area is 106 Å². The predicted octanol–water partition coefficient (Wildman–Crippen LogP) is 1.82. The Morgan fingerprint density at radius 3 is 2.61 bits per heavy atom. The summed E-state index contributed by atoms with van der Waals surface area (Å²) in [6.45, 7) is 3.43. The van der Waals surface area contributed by atoms with Crippen LogP contribution < -0.4 is 5.32 Å². The summed E-state index contributed by atoms with van der Waals surface area (Å²) >= 11 is 0. The maximum absolute atomic E-state index is 11.9. The highest BCUT2D eigenvalue weighted by Gasteiger charge is 2.27. The van der Waals surface area contributed by atoms with Gasteiger partial charge in [-0.2, -0.15) is 0 Å². The molecule has 1 N–H and O–H groups in total. The molecule has 4 heteroatoms. The van der Waals surface area contributed by atoms with Gasteiger partial charge in [-0.15, -0.1) is 0 Å². The number of amides is 1. The molecule has 2 rings (SSSR count). The van der Waals surface area contributed by atoms with E-state index in [2.05, 4.69) is 5.32 Å². The van der Waals surface area contributed by atoms with Crippen molar-refractivity contribution in [1.29, 1.82) is 0 Å². The Kier molecular flexibility index (Phi) is 3.65. The van der Waals surface area contributed by atoms with Gasteiger partial charge in [-0.3, -0.25) is 4.79 Å². The van der Waals surface area contributed by atoms with Gasteiger partial charge in [0.05, 0.1) is 5.56 Å². The summed E-state index contributed by atoms with van der Waals surface area (Å²) < 4.78 is 5.16. The molecule has 1 amide bonds. The molecular weight excluding hydrogens is 230 g/mol. The zero-order valence-corrected chi connectivity index (χ0v) is 10.6. The molecule has 18 heavy (non-hydrogen) atoms. The molecule has 0 saturated heterocycles. The highest BCUT2D eigenvalue weighted by molar-refractivity contribution is 5.93. The SMILES string of the molecule is Cc1ccccc1C(=O)O[C@@H](C)C(=O)NC1CC1. The number of aryl methyl sites for hydroxylation is 1. The van der Waals surface area contributed by atoms with E-state index in [1.165, 1.54) is 0 Å². The fourth-order valence-electron chi connectivity index (χ4n) is 1.63. The van der Waals surface area contributed by atoms with E-state index in [-0.39, 0.29) is 11.9 Å². The number of hydrogen-bond donors (Lipinski definition) is 1. The average molecular weight is 247 g/mol. The molecule has 0 aliphatic heterocycles. The van der Waals surface area contributed by atoms with E-state index in [4.69, 9.17) is 4.74 Å². The zero-order chi connectivity index (χ0) is 13.1. The van der Waals surface area contributed by atoms with Crippen molar-refractivity contribution >= 4 is 11.9 Å². The maximum Gasteiger partial charge on any atom is 0.339 e. The lowest BCUT2D eigenvalue weighted by Crippen LogP contribution is -2.37. The first-order valence-corrected chi connectivity index (χ1v) is 6.15. The summed E-state index contributed by atoms with van der Waals surface area (Å²) in [6.07, 6.45) is 1.28. The fraction of sp³-hybridized carbons (Fsp3) is 0.429. The van der Waals surface area contributed by atoms with E-state index >= 15 is 0 Å². The predicted molar refractivity (Wildman–Crippen MR) is 67.2 cm³/mol. The van der Waals surface area contributed by atoms with Crippen LogP contribution in [-0.4, -0.2) is 24.0 Å². The Bertz CT molecular complexity index is 466. The standard InChI is InChI=1S/C14H17NO3/c1-9-5-3-4-6-12(9)14(17)18-10(2)13(16)15-11-7-8-11/h3-6,10-11H,7-8H2,1-2H3,(H,15,16)/t10-/m0/s1. The topological polar surface area (TPSA) is 55.4 Å². The highest BCUT2D eigenvalue weighted by Crippen LogP contribution is 2.19. The van der Waals surface area contributed by atoms with Crippen LogP contribution in [0.5, 0.6) is 0 Å². The molecule has 96 valence electrons. The van der Waals surface area contributed by atoms with Crippen molar-refractivity contribution in [2.45, 2.75) is 38.8 Å². The van der Waals surface area contributed by atoms with E-state index in [0.29, 0.717) is 5.56 Å². The van der Waals surface area contributed by atoms with Crippen LogP contribution in [0.25, 0.3) is 0 Å². The van der Waals surface area contributed by atoms with Gasteiger partial charge < -0.3 is 10.1 Å². The monoisotopic (exact) mass is 247 g/mol. The smallest absolute Gasteiger partial charge is 0.339 e. The van der Waals surface area contributed by atoms with Crippen molar-refractivity contribution in [2.24, 2.45) is 0 Å². The quantitative estimate of drug-likeness (QED) is 0.826. The molecule has 0 heterocycles. The molecule has 0 radical (unpaired) electrons. The Hall–Kier alpha value is -1.84. The van der Waals surface area contributed by atoms with Gasteiger partial charge in [-0.25, -0.2) is 4.79 Å². The van der Waals surface area contributed by atoms with E-state index in [9.17, 15) is 9.59 Å². The van der Waals surface area contributed by atoms with Gasteiger partial charge in [0.25, 0.3) is 5.91 Å². The van der Waals surface area contributed by atoms with Crippen molar-refractivity contribution in [1.82, 2.24) is 5.32 Å². The van der Waals surface area contributed by atoms with Crippen LogP contribution in [0, 0.1) is 6.92 Å². The molecule has 1 aromatic rings. The molecule has 0 spiro atoms. The lowest BCUT2D eigenvalue weighted by molar-refractivity contribution is -0.129. The van der Waals surface area contributed by atoms with E-state index < -0.39 is 12.1 Å². The minimum atomic E-state index is -0.752. The Balaban J connectivity index is 1.94. The number of carbonyl (C=O) groups excluding carboxylic acids is 2. The number of ether oxygens (including phenoxy) is 1. The zero-order valence-electron chi connectivity index (χ0n) is 10.6. The summed E-state index contributed by atoms with van der Waals surface area (Å²) in [5.74, 6) is -0.675. The largest absolute Gasteiger partial charge is 0.449 e. The van der Waals surface area contributed by atoms with Gasteiger partial charge in [0.15, 0.2) is 6.10 Å². The van der Waals surface area contributed by atoms with Crippen molar-refractivity contribution in [3.8, 4) is 0 Å². The second-order valence-corrected chi connectivity index (χ2v) is 4.65. The molecule has 1 atom stereocenters. The van der Waals surface area contributed by atoms with Crippen LogP contribution >= 0.6 is 0 Å². The van der Waals surface area contributed by atoms with Crippen molar-refractivity contribution in [2.75, 3.05) is 0 Å². The van der Waals surface area contributed by atoms with Gasteiger partial charge in [-0.1, -0.05) is 18.2 Å². The fourth-order valence-corrected chi connectivity index (χ4v) is 1.63. The second-order valence-electron chi connectivity index (χ2n) is 4.65. The van der Waals surface area contributed by atoms with Crippen molar-refractivity contribution in [3.63, 3.8) is 0 Å². The first-order valence-electron chi connectivity index (χ1n) is 6.15. The highest BCUT2D eigenvalue weighted by atomic mass is 16.5. The third-order valence-corrected chi connectivity index (χ3v) is 2.94. The Morgan fingerprint density at radius 2 is 2.00 bits per heavy atom. The molecule has 0 unspecified atom stereocenters. The van der Waals surface area contributed by atoms with Gasteiger partial charge in [0, 0.05) is 6.04 Å². The summed E-state index contributed by atoms with van der Waals surface area (Å²) in [5, 5.41) is 2.81. The number of benzene rings is 1. The van der Waals surface area contributed by atoms with Gasteiger partial charge >= 0.3 is 5.97 Å². The summed E-state index contributed by atoms with van der Waals surface area (Å²) in [6, 6.07) is 7.44. The molecule has 0 bridgehead atoms. The number of hydrogen-bond acceptors (Lipinski definition) is 3. The van der Waals surface area contributed by atoms with Crippen LogP contribution in [0.2, 0.25) is 0 Å². The maximum atomic E-state index is 11.9. The lowest BCUT2D eigenvalue weighted by atomic mass is 10.1.